The number of carboxylic acids is 1. The Morgan fingerprint density at radius 2 is 1.90 bits per heavy atom. The second kappa shape index (κ2) is 6.55. The minimum atomic E-state index is -0.954. The summed E-state index contributed by atoms with van der Waals surface area (Å²) in [4.78, 5) is 24.7. The van der Waals surface area contributed by atoms with E-state index in [1.807, 2.05) is 24.3 Å². The lowest BCUT2D eigenvalue weighted by atomic mass is 10.1. The molecule has 1 amide bonds. The number of carbonyl (C=O) groups excluding carboxylic acids is 1. The van der Waals surface area contributed by atoms with Crippen LogP contribution in [0.3, 0.4) is 0 Å². The highest BCUT2D eigenvalue weighted by Gasteiger charge is 2.34. The molecule has 0 aromatic heterocycles. The van der Waals surface area contributed by atoms with Crippen LogP contribution in [0.25, 0.3) is 0 Å². The summed E-state index contributed by atoms with van der Waals surface area (Å²) < 4.78 is 0. The smallest absolute Gasteiger partial charge is 0.323 e. The van der Waals surface area contributed by atoms with Crippen molar-refractivity contribution in [1.29, 1.82) is 0 Å². The number of rotatable bonds is 7. The summed E-state index contributed by atoms with van der Waals surface area (Å²) in [6.07, 6.45) is 5.13. The summed E-state index contributed by atoms with van der Waals surface area (Å²) >= 11 is 0. The van der Waals surface area contributed by atoms with Crippen molar-refractivity contribution in [2.45, 2.75) is 45.1 Å². The first-order valence-electron chi connectivity index (χ1n) is 7.23. The van der Waals surface area contributed by atoms with E-state index in [0.29, 0.717) is 5.56 Å². The van der Waals surface area contributed by atoms with Crippen molar-refractivity contribution < 1.29 is 14.7 Å². The van der Waals surface area contributed by atoms with E-state index in [2.05, 4.69) is 6.92 Å². The van der Waals surface area contributed by atoms with Crippen molar-refractivity contribution in [1.82, 2.24) is 4.90 Å². The van der Waals surface area contributed by atoms with Crippen LogP contribution < -0.4 is 0 Å². The number of carbonyl (C=O) groups is 2. The summed E-state index contributed by atoms with van der Waals surface area (Å²) in [5.74, 6) is -1.12. The van der Waals surface area contributed by atoms with Gasteiger partial charge in [-0.15, -0.1) is 0 Å². The fourth-order valence-electron chi connectivity index (χ4n) is 2.26. The molecule has 1 aliphatic carbocycles. The maximum Gasteiger partial charge on any atom is 0.323 e. The number of hydrogen-bond donors (Lipinski definition) is 1. The summed E-state index contributed by atoms with van der Waals surface area (Å²) in [6, 6.07) is 7.66. The SMILES string of the molecule is CCCCc1ccc(C(=O)N(CC(=O)O)C2CC2)cc1. The lowest BCUT2D eigenvalue weighted by Crippen LogP contribution is -2.37. The van der Waals surface area contributed by atoms with E-state index in [-0.39, 0.29) is 18.5 Å². The van der Waals surface area contributed by atoms with E-state index in [0.717, 1.165) is 32.1 Å². The highest BCUT2D eigenvalue weighted by atomic mass is 16.4. The van der Waals surface area contributed by atoms with Gasteiger partial charge in [0.05, 0.1) is 0 Å². The average Bonchev–Trinajstić information content (AvgIpc) is 3.26. The molecule has 0 atom stereocenters. The highest BCUT2D eigenvalue weighted by Crippen LogP contribution is 2.28. The van der Waals surface area contributed by atoms with E-state index < -0.39 is 5.97 Å². The minimum absolute atomic E-state index is 0.110. The third kappa shape index (κ3) is 3.83. The van der Waals surface area contributed by atoms with Crippen LogP contribution in [0.1, 0.15) is 48.5 Å². The number of carboxylic acid groups (broad SMARTS) is 1. The summed E-state index contributed by atoms with van der Waals surface area (Å²) in [5.41, 5.74) is 1.80. The summed E-state index contributed by atoms with van der Waals surface area (Å²) in [7, 11) is 0. The van der Waals surface area contributed by atoms with Crippen molar-refractivity contribution in [3.63, 3.8) is 0 Å². The zero-order chi connectivity index (χ0) is 14.5. The molecule has 0 spiro atoms. The van der Waals surface area contributed by atoms with E-state index in [1.54, 1.807) is 0 Å². The van der Waals surface area contributed by atoms with Gasteiger partial charge < -0.3 is 10.0 Å². The molecule has 0 unspecified atom stereocenters. The number of amides is 1. The van der Waals surface area contributed by atoms with Crippen LogP contribution in [0.2, 0.25) is 0 Å². The van der Waals surface area contributed by atoms with E-state index in [4.69, 9.17) is 5.11 Å². The van der Waals surface area contributed by atoms with Crippen molar-refractivity contribution in [2.24, 2.45) is 0 Å². The van der Waals surface area contributed by atoms with Gasteiger partial charge in [-0.3, -0.25) is 9.59 Å². The zero-order valence-corrected chi connectivity index (χ0v) is 11.8. The molecule has 1 aromatic rings. The van der Waals surface area contributed by atoms with E-state index in [1.165, 1.54) is 10.5 Å². The number of benzene rings is 1. The molecule has 4 nitrogen and oxygen atoms in total. The van der Waals surface area contributed by atoms with Gasteiger partial charge in [-0.1, -0.05) is 25.5 Å². The van der Waals surface area contributed by atoms with Crippen molar-refractivity contribution in [3.05, 3.63) is 35.4 Å². The topological polar surface area (TPSA) is 57.6 Å². The maximum absolute atomic E-state index is 12.3. The fraction of sp³-hybridized carbons (Fsp3) is 0.500. The Morgan fingerprint density at radius 3 is 2.40 bits per heavy atom. The van der Waals surface area contributed by atoms with Crippen LogP contribution >= 0.6 is 0 Å². The quantitative estimate of drug-likeness (QED) is 0.832. The Kier molecular flexibility index (Phi) is 4.77. The number of unbranched alkanes of at least 4 members (excludes halogenated alkanes) is 1. The fourth-order valence-corrected chi connectivity index (χ4v) is 2.26. The van der Waals surface area contributed by atoms with Gasteiger partial charge in [-0.2, -0.15) is 0 Å². The number of aliphatic carboxylic acids is 1. The Labute approximate surface area is 119 Å². The van der Waals surface area contributed by atoms with Gasteiger partial charge >= 0.3 is 5.97 Å². The molecule has 0 aliphatic heterocycles. The molecule has 2 rings (SSSR count). The van der Waals surface area contributed by atoms with Gasteiger partial charge in [0.2, 0.25) is 0 Å². The van der Waals surface area contributed by atoms with Crippen molar-refractivity contribution in [2.75, 3.05) is 6.54 Å². The normalized spacial score (nSPS) is 14.1. The third-order valence-corrected chi connectivity index (χ3v) is 3.57. The summed E-state index contributed by atoms with van der Waals surface area (Å²) in [6.45, 7) is 1.94. The Morgan fingerprint density at radius 1 is 1.25 bits per heavy atom. The molecule has 20 heavy (non-hydrogen) atoms. The average molecular weight is 275 g/mol. The van der Waals surface area contributed by atoms with Gasteiger partial charge in [-0.05, 0) is 43.4 Å². The zero-order valence-electron chi connectivity index (χ0n) is 11.8. The summed E-state index contributed by atoms with van der Waals surface area (Å²) in [5, 5.41) is 8.90. The van der Waals surface area contributed by atoms with Gasteiger partial charge in [-0.25, -0.2) is 0 Å². The standard InChI is InChI=1S/C16H21NO3/c1-2-3-4-12-5-7-13(8-6-12)16(20)17(11-15(18)19)14-9-10-14/h5-8,14H,2-4,9-11H2,1H3,(H,18,19). The molecule has 1 N–H and O–H groups in total. The highest BCUT2D eigenvalue weighted by molar-refractivity contribution is 5.96. The lowest BCUT2D eigenvalue weighted by molar-refractivity contribution is -0.137. The van der Waals surface area contributed by atoms with Crippen molar-refractivity contribution >= 4 is 11.9 Å². The second-order valence-corrected chi connectivity index (χ2v) is 5.36. The van der Waals surface area contributed by atoms with Gasteiger partial charge in [0.1, 0.15) is 6.54 Å². The van der Waals surface area contributed by atoms with Gasteiger partial charge in [0.25, 0.3) is 5.91 Å². The first kappa shape index (κ1) is 14.6. The maximum atomic E-state index is 12.3. The molecule has 0 heterocycles. The Bertz CT molecular complexity index is 477. The number of aryl methyl sites for hydroxylation is 1. The largest absolute Gasteiger partial charge is 0.480 e. The van der Waals surface area contributed by atoms with Gasteiger partial charge in [0.15, 0.2) is 0 Å². The number of hydrogen-bond acceptors (Lipinski definition) is 2. The van der Waals surface area contributed by atoms with Crippen LogP contribution in [0.5, 0.6) is 0 Å². The van der Waals surface area contributed by atoms with Gasteiger partial charge in [0, 0.05) is 11.6 Å². The molecular weight excluding hydrogens is 254 g/mol. The monoisotopic (exact) mass is 275 g/mol. The molecule has 1 fully saturated rings. The van der Waals surface area contributed by atoms with Crippen LogP contribution in [0, 0.1) is 0 Å². The van der Waals surface area contributed by atoms with Crippen LogP contribution in [0.15, 0.2) is 24.3 Å². The Balaban J connectivity index is 2.04. The molecule has 108 valence electrons. The molecule has 1 aliphatic rings. The third-order valence-electron chi connectivity index (χ3n) is 3.57. The lowest BCUT2D eigenvalue weighted by Gasteiger charge is -2.20. The molecule has 1 saturated carbocycles. The molecule has 4 heteroatoms. The van der Waals surface area contributed by atoms with Crippen LogP contribution in [-0.4, -0.2) is 34.5 Å². The first-order chi connectivity index (χ1) is 9.61. The first-order valence-corrected chi connectivity index (χ1v) is 7.23. The predicted octanol–water partition coefficient (Wildman–Crippen LogP) is 2.72. The molecule has 1 aromatic carbocycles. The van der Waals surface area contributed by atoms with E-state index >= 15 is 0 Å². The predicted molar refractivity (Wildman–Crippen MR) is 76.7 cm³/mol. The minimum Gasteiger partial charge on any atom is -0.480 e. The van der Waals surface area contributed by atoms with Crippen molar-refractivity contribution in [3.8, 4) is 0 Å². The Hall–Kier alpha value is -1.84. The second-order valence-electron chi connectivity index (χ2n) is 5.36. The molecule has 0 bridgehead atoms. The number of nitrogens with zero attached hydrogens (tertiary/aromatic N) is 1. The van der Waals surface area contributed by atoms with Crippen LogP contribution in [-0.2, 0) is 11.2 Å². The van der Waals surface area contributed by atoms with E-state index in [9.17, 15) is 9.59 Å². The molecule has 0 saturated heterocycles. The molecule has 0 radical (unpaired) electrons. The van der Waals surface area contributed by atoms with Crippen LogP contribution in [0.4, 0.5) is 0 Å². The molecular formula is C16H21NO3.